The average Bonchev–Trinajstić information content (AvgIpc) is 3.06. The Bertz CT molecular complexity index is 1130. The number of hydrogen-bond acceptors (Lipinski definition) is 5. The van der Waals surface area contributed by atoms with Crippen LogP contribution < -0.4 is 10.6 Å². The van der Waals surface area contributed by atoms with Crippen molar-refractivity contribution in [1.29, 1.82) is 0 Å². The number of aryl methyl sites for hydroxylation is 1. The quantitative estimate of drug-likeness (QED) is 0.459. The van der Waals surface area contributed by atoms with E-state index in [-0.39, 0.29) is 10.6 Å². The largest absolute Gasteiger partial charge is 0.343 e. The monoisotopic (exact) mass is 431 g/mol. The van der Waals surface area contributed by atoms with Crippen molar-refractivity contribution in [3.05, 3.63) is 75.3 Å². The molecule has 3 rings (SSSR count). The van der Waals surface area contributed by atoms with Gasteiger partial charge in [-0.25, -0.2) is 9.37 Å². The van der Waals surface area contributed by atoms with Gasteiger partial charge < -0.3 is 15.2 Å². The first-order chi connectivity index (χ1) is 14.3. The second-order valence-corrected chi connectivity index (χ2v) is 6.59. The number of nitrogens with one attached hydrogen (secondary N) is 2. The number of nitro groups is 1. The maximum absolute atomic E-state index is 13.2. The van der Waals surface area contributed by atoms with Crippen LogP contribution in [0.5, 0.6) is 0 Å². The number of rotatable bonds is 6. The van der Waals surface area contributed by atoms with E-state index in [1.807, 2.05) is 0 Å². The molecule has 0 aliphatic rings. The number of nitrogens with zero attached hydrogens (tertiary/aromatic N) is 3. The first kappa shape index (κ1) is 20.9. The maximum Gasteiger partial charge on any atom is 0.283 e. The molecule has 2 N–H and O–H groups in total. The molecule has 0 saturated heterocycles. The summed E-state index contributed by atoms with van der Waals surface area (Å²) in [5.74, 6) is -1.52. The lowest BCUT2D eigenvalue weighted by Crippen LogP contribution is -2.33. The van der Waals surface area contributed by atoms with Gasteiger partial charge >= 0.3 is 0 Å². The molecule has 1 aromatic heterocycles. The van der Waals surface area contributed by atoms with Crippen LogP contribution in [0.3, 0.4) is 0 Å². The molecule has 0 bridgehead atoms. The van der Waals surface area contributed by atoms with Crippen LogP contribution in [0.2, 0.25) is 5.02 Å². The van der Waals surface area contributed by atoms with Crippen molar-refractivity contribution in [3.8, 4) is 11.3 Å². The molecular weight excluding hydrogens is 417 g/mol. The lowest BCUT2D eigenvalue weighted by atomic mass is 10.1. The zero-order valence-electron chi connectivity index (χ0n) is 15.6. The van der Waals surface area contributed by atoms with Gasteiger partial charge in [0.05, 0.1) is 22.8 Å². The molecule has 0 atom stereocenters. The first-order valence-electron chi connectivity index (χ1n) is 8.56. The summed E-state index contributed by atoms with van der Waals surface area (Å²) >= 11 is 5.92. The van der Waals surface area contributed by atoms with E-state index in [9.17, 15) is 24.1 Å². The topological polar surface area (TPSA) is 119 Å². The SMILES string of the molecule is Cn1cnc(-c2ccc(F)cc2)c1NC(=O)CNC(=O)c1c(Cl)cccc1[N+](=O)[O-]. The molecule has 0 fully saturated rings. The van der Waals surface area contributed by atoms with Gasteiger partial charge in [0.1, 0.15) is 22.9 Å². The predicted molar refractivity (Wildman–Crippen MR) is 108 cm³/mol. The van der Waals surface area contributed by atoms with E-state index in [4.69, 9.17) is 11.6 Å². The summed E-state index contributed by atoms with van der Waals surface area (Å²) < 4.78 is 14.7. The van der Waals surface area contributed by atoms with Crippen LogP contribution >= 0.6 is 11.6 Å². The normalized spacial score (nSPS) is 10.5. The lowest BCUT2D eigenvalue weighted by molar-refractivity contribution is -0.385. The number of carbonyl (C=O) groups excluding carboxylic acids is 2. The predicted octanol–water partition coefficient (Wildman–Crippen LogP) is 3.16. The van der Waals surface area contributed by atoms with Crippen LogP contribution in [0.15, 0.2) is 48.8 Å². The Morgan fingerprint density at radius 3 is 2.60 bits per heavy atom. The number of benzene rings is 2. The van der Waals surface area contributed by atoms with Crippen molar-refractivity contribution >= 4 is 34.9 Å². The van der Waals surface area contributed by atoms with E-state index >= 15 is 0 Å². The zero-order valence-corrected chi connectivity index (χ0v) is 16.3. The molecule has 30 heavy (non-hydrogen) atoms. The van der Waals surface area contributed by atoms with Gasteiger partial charge in [-0.3, -0.25) is 19.7 Å². The van der Waals surface area contributed by atoms with Crippen LogP contribution in [0.4, 0.5) is 15.9 Å². The van der Waals surface area contributed by atoms with Crippen molar-refractivity contribution in [2.45, 2.75) is 0 Å². The van der Waals surface area contributed by atoms with Gasteiger partial charge in [0, 0.05) is 18.7 Å². The summed E-state index contributed by atoms with van der Waals surface area (Å²) in [6.07, 6.45) is 1.47. The highest BCUT2D eigenvalue weighted by Crippen LogP contribution is 2.27. The minimum absolute atomic E-state index is 0.104. The van der Waals surface area contributed by atoms with E-state index in [0.29, 0.717) is 17.1 Å². The number of imidazole rings is 1. The second-order valence-electron chi connectivity index (χ2n) is 6.18. The Morgan fingerprint density at radius 2 is 1.93 bits per heavy atom. The molecule has 2 aromatic carbocycles. The summed E-state index contributed by atoms with van der Waals surface area (Å²) in [7, 11) is 1.65. The van der Waals surface area contributed by atoms with Gasteiger partial charge in [-0.05, 0) is 30.3 Å². The third kappa shape index (κ3) is 4.44. The molecule has 0 unspecified atom stereocenters. The van der Waals surface area contributed by atoms with E-state index in [2.05, 4.69) is 15.6 Å². The van der Waals surface area contributed by atoms with Crippen molar-refractivity contribution in [1.82, 2.24) is 14.9 Å². The fraction of sp³-hybridized carbons (Fsp3) is 0.105. The molecule has 0 aliphatic heterocycles. The Morgan fingerprint density at radius 1 is 1.23 bits per heavy atom. The van der Waals surface area contributed by atoms with Gasteiger partial charge in [0.2, 0.25) is 5.91 Å². The Kier molecular flexibility index (Phi) is 6.07. The fourth-order valence-electron chi connectivity index (χ4n) is 2.71. The van der Waals surface area contributed by atoms with Gasteiger partial charge in [-0.15, -0.1) is 0 Å². The Balaban J connectivity index is 1.72. The van der Waals surface area contributed by atoms with Crippen molar-refractivity contribution in [2.24, 2.45) is 7.05 Å². The molecule has 2 amide bonds. The average molecular weight is 432 g/mol. The number of nitro benzene ring substituents is 1. The highest BCUT2D eigenvalue weighted by molar-refractivity contribution is 6.34. The number of aromatic nitrogens is 2. The molecule has 0 aliphatic carbocycles. The number of amides is 2. The third-order valence-electron chi connectivity index (χ3n) is 4.14. The van der Waals surface area contributed by atoms with Gasteiger partial charge in [0.25, 0.3) is 11.6 Å². The Labute approximate surface area is 174 Å². The number of hydrogen-bond donors (Lipinski definition) is 2. The Hall–Kier alpha value is -3.79. The number of halogens is 2. The van der Waals surface area contributed by atoms with Crippen molar-refractivity contribution in [3.63, 3.8) is 0 Å². The van der Waals surface area contributed by atoms with E-state index in [0.717, 1.165) is 6.07 Å². The molecular formula is C19H15ClFN5O4. The fourth-order valence-corrected chi connectivity index (χ4v) is 2.97. The smallest absolute Gasteiger partial charge is 0.283 e. The third-order valence-corrected chi connectivity index (χ3v) is 4.45. The first-order valence-corrected chi connectivity index (χ1v) is 8.94. The van der Waals surface area contributed by atoms with Gasteiger partial charge in [0.15, 0.2) is 0 Å². The molecule has 9 nitrogen and oxygen atoms in total. The van der Waals surface area contributed by atoms with Crippen LogP contribution in [0, 0.1) is 15.9 Å². The highest BCUT2D eigenvalue weighted by atomic mass is 35.5. The summed E-state index contributed by atoms with van der Waals surface area (Å²) in [5, 5.41) is 15.9. The highest BCUT2D eigenvalue weighted by Gasteiger charge is 2.24. The van der Waals surface area contributed by atoms with Crippen LogP contribution in [0.1, 0.15) is 10.4 Å². The summed E-state index contributed by atoms with van der Waals surface area (Å²) in [4.78, 5) is 39.3. The molecule has 154 valence electrons. The summed E-state index contributed by atoms with van der Waals surface area (Å²) in [5.41, 5.74) is 0.206. The van der Waals surface area contributed by atoms with Gasteiger partial charge in [-0.2, -0.15) is 0 Å². The molecule has 11 heteroatoms. The van der Waals surface area contributed by atoms with E-state index in [1.54, 1.807) is 11.6 Å². The van der Waals surface area contributed by atoms with E-state index < -0.39 is 34.8 Å². The minimum Gasteiger partial charge on any atom is -0.343 e. The standard InChI is InChI=1S/C19H15ClFN5O4/c1-25-10-23-17(11-5-7-12(21)8-6-11)18(25)24-15(27)9-22-19(28)16-13(20)3-2-4-14(16)26(29)30/h2-8,10H,9H2,1H3,(H,22,28)(H,24,27). The maximum atomic E-state index is 13.2. The van der Waals surface area contributed by atoms with Crippen molar-refractivity contribution in [2.75, 3.05) is 11.9 Å². The minimum atomic E-state index is -0.855. The lowest BCUT2D eigenvalue weighted by Gasteiger charge is -2.10. The summed E-state index contributed by atoms with van der Waals surface area (Å²) in [6, 6.07) is 9.42. The molecule has 3 aromatic rings. The second kappa shape index (κ2) is 8.70. The van der Waals surface area contributed by atoms with Crippen LogP contribution in [-0.4, -0.2) is 32.8 Å². The van der Waals surface area contributed by atoms with E-state index in [1.165, 1.54) is 42.7 Å². The molecule has 0 radical (unpaired) electrons. The van der Waals surface area contributed by atoms with Crippen LogP contribution in [0.25, 0.3) is 11.3 Å². The number of carbonyl (C=O) groups is 2. The zero-order chi connectivity index (χ0) is 21.8. The molecule has 0 saturated carbocycles. The van der Waals surface area contributed by atoms with Gasteiger partial charge in [-0.1, -0.05) is 17.7 Å². The van der Waals surface area contributed by atoms with Crippen molar-refractivity contribution < 1.29 is 18.9 Å². The molecule has 0 spiro atoms. The molecule has 1 heterocycles. The number of anilines is 1. The summed E-state index contributed by atoms with van der Waals surface area (Å²) in [6.45, 7) is -0.463. The van der Waals surface area contributed by atoms with Crippen LogP contribution in [-0.2, 0) is 11.8 Å².